The number of rotatable bonds is 3. The first-order valence-electron chi connectivity index (χ1n) is 7.69. The van der Waals surface area contributed by atoms with E-state index in [1.807, 2.05) is 6.07 Å². The largest absolute Gasteiger partial charge is 0.354 e. The quantitative estimate of drug-likeness (QED) is 0.770. The molecule has 0 bridgehead atoms. The van der Waals surface area contributed by atoms with E-state index in [2.05, 4.69) is 25.7 Å². The number of fused-ring (bicyclic) bond motifs is 1. The molecular weight excluding hydrogens is 311 g/mol. The predicted octanol–water partition coefficient (Wildman–Crippen LogP) is 2.16. The van der Waals surface area contributed by atoms with Crippen LogP contribution in [-0.2, 0) is 4.79 Å². The van der Waals surface area contributed by atoms with Crippen molar-refractivity contribution >= 4 is 28.4 Å². The molecule has 1 amide bonds. The number of nitrogens with zero attached hydrogens (tertiary/aromatic N) is 4. The van der Waals surface area contributed by atoms with Gasteiger partial charge in [0.25, 0.3) is 5.95 Å². The van der Waals surface area contributed by atoms with Gasteiger partial charge in [0.1, 0.15) is 0 Å². The Hall–Kier alpha value is -3.03. The minimum atomic E-state index is -0.661. The monoisotopic (exact) mass is 326 g/mol. The molecule has 1 atom stereocenters. The number of piperidine rings is 1. The Morgan fingerprint density at radius 2 is 2.04 bits per heavy atom. The number of hydrogen-bond acceptors (Lipinski definition) is 5. The van der Waals surface area contributed by atoms with E-state index in [0.717, 1.165) is 6.42 Å². The number of aromatic nitrogens is 4. The van der Waals surface area contributed by atoms with Gasteiger partial charge in [0.2, 0.25) is 5.91 Å². The topological polar surface area (TPSA) is 84.7 Å². The molecule has 1 aliphatic rings. The molecule has 0 spiro atoms. The highest BCUT2D eigenvalue weighted by atomic mass is 19.1. The van der Waals surface area contributed by atoms with Gasteiger partial charge in [-0.3, -0.25) is 9.48 Å². The molecule has 2 N–H and O–H groups in total. The highest BCUT2D eigenvalue weighted by Crippen LogP contribution is 2.22. The van der Waals surface area contributed by atoms with Crippen LogP contribution in [0.1, 0.15) is 18.9 Å². The molecule has 1 aromatic carbocycles. The van der Waals surface area contributed by atoms with E-state index in [9.17, 15) is 9.18 Å². The molecule has 0 radical (unpaired) electrons. The van der Waals surface area contributed by atoms with E-state index in [1.165, 1.54) is 0 Å². The second-order valence-corrected chi connectivity index (χ2v) is 5.68. The van der Waals surface area contributed by atoms with Gasteiger partial charge < -0.3 is 10.6 Å². The van der Waals surface area contributed by atoms with Crippen LogP contribution in [-0.4, -0.2) is 32.2 Å². The van der Waals surface area contributed by atoms with Crippen LogP contribution in [0.5, 0.6) is 0 Å². The van der Waals surface area contributed by atoms with Crippen molar-refractivity contribution in [2.45, 2.75) is 18.9 Å². The minimum absolute atomic E-state index is 0.0604. The fourth-order valence-corrected chi connectivity index (χ4v) is 2.74. The van der Waals surface area contributed by atoms with Gasteiger partial charge in [-0.1, -0.05) is 12.1 Å². The van der Waals surface area contributed by atoms with Crippen molar-refractivity contribution in [1.29, 1.82) is 0 Å². The highest BCUT2D eigenvalue weighted by molar-refractivity contribution is 5.77. The van der Waals surface area contributed by atoms with Crippen LogP contribution >= 0.6 is 0 Å². The van der Waals surface area contributed by atoms with Crippen molar-refractivity contribution in [2.75, 3.05) is 11.9 Å². The molecule has 4 rings (SSSR count). The molecule has 8 heteroatoms. The van der Waals surface area contributed by atoms with Crippen molar-refractivity contribution in [3.8, 4) is 0 Å². The lowest BCUT2D eigenvalue weighted by atomic mass is 10.1. The molecule has 24 heavy (non-hydrogen) atoms. The smallest absolute Gasteiger partial charge is 0.256 e. The predicted molar refractivity (Wildman–Crippen MR) is 86.3 cm³/mol. The van der Waals surface area contributed by atoms with Gasteiger partial charge in [0.05, 0.1) is 29.0 Å². The SMILES string of the molecule is O=C1CCC(n2cc(Nc3nc4ccccc4nc3F)cn2)CN1. The molecule has 122 valence electrons. The van der Waals surface area contributed by atoms with E-state index < -0.39 is 5.95 Å². The molecule has 3 aromatic rings. The zero-order valence-electron chi connectivity index (χ0n) is 12.7. The molecule has 1 aliphatic heterocycles. The highest BCUT2D eigenvalue weighted by Gasteiger charge is 2.20. The van der Waals surface area contributed by atoms with Crippen LogP contribution in [0.2, 0.25) is 0 Å². The van der Waals surface area contributed by atoms with Crippen LogP contribution in [0.4, 0.5) is 15.9 Å². The number of carbonyl (C=O) groups is 1. The van der Waals surface area contributed by atoms with Crippen molar-refractivity contribution in [1.82, 2.24) is 25.1 Å². The third kappa shape index (κ3) is 2.78. The summed E-state index contributed by atoms with van der Waals surface area (Å²) in [5.41, 5.74) is 1.74. The van der Waals surface area contributed by atoms with E-state index in [4.69, 9.17) is 0 Å². The van der Waals surface area contributed by atoms with Crippen molar-refractivity contribution in [2.24, 2.45) is 0 Å². The molecule has 2 aromatic heterocycles. The van der Waals surface area contributed by atoms with E-state index >= 15 is 0 Å². The summed E-state index contributed by atoms with van der Waals surface area (Å²) in [5.74, 6) is -0.540. The maximum Gasteiger partial charge on any atom is 0.256 e. The number of halogens is 1. The van der Waals surface area contributed by atoms with Crippen molar-refractivity contribution < 1.29 is 9.18 Å². The number of para-hydroxylation sites is 2. The number of carbonyl (C=O) groups excluding carboxylic acids is 1. The van der Waals surface area contributed by atoms with E-state index in [-0.39, 0.29) is 17.8 Å². The standard InChI is InChI=1S/C16H15FN6O/c17-15-16(22-13-4-2-1-3-12(13)21-15)20-10-7-19-23(9-10)11-5-6-14(24)18-8-11/h1-4,7,9,11H,5-6,8H2,(H,18,24)(H,20,22). The Morgan fingerprint density at radius 1 is 1.25 bits per heavy atom. The second kappa shape index (κ2) is 5.88. The lowest BCUT2D eigenvalue weighted by molar-refractivity contribution is -0.122. The molecule has 3 heterocycles. The molecule has 1 saturated heterocycles. The normalized spacial score (nSPS) is 17.7. The van der Waals surface area contributed by atoms with E-state index in [1.54, 1.807) is 35.3 Å². The molecule has 0 saturated carbocycles. The van der Waals surface area contributed by atoms with Crippen LogP contribution < -0.4 is 10.6 Å². The Morgan fingerprint density at radius 3 is 2.79 bits per heavy atom. The van der Waals surface area contributed by atoms with Crippen LogP contribution in [0.15, 0.2) is 36.7 Å². The molecule has 0 aliphatic carbocycles. The molecule has 1 fully saturated rings. The van der Waals surface area contributed by atoms with Gasteiger partial charge in [-0.25, -0.2) is 9.97 Å². The van der Waals surface area contributed by atoms with Gasteiger partial charge in [-0.2, -0.15) is 9.49 Å². The van der Waals surface area contributed by atoms with Crippen LogP contribution in [0.25, 0.3) is 11.0 Å². The van der Waals surface area contributed by atoms with Crippen LogP contribution in [0, 0.1) is 5.95 Å². The first kappa shape index (κ1) is 14.6. The Balaban J connectivity index is 1.55. The summed E-state index contributed by atoms with van der Waals surface area (Å²) in [7, 11) is 0. The Labute approximate surface area is 136 Å². The van der Waals surface area contributed by atoms with Gasteiger partial charge in [0.15, 0.2) is 5.82 Å². The average molecular weight is 326 g/mol. The Kier molecular flexibility index (Phi) is 3.56. The summed E-state index contributed by atoms with van der Waals surface area (Å²) < 4.78 is 15.9. The lowest BCUT2D eigenvalue weighted by Gasteiger charge is -2.22. The first-order valence-corrected chi connectivity index (χ1v) is 7.69. The van der Waals surface area contributed by atoms with Gasteiger partial charge in [0, 0.05) is 19.2 Å². The number of hydrogen-bond donors (Lipinski definition) is 2. The third-order valence-electron chi connectivity index (χ3n) is 4.01. The molecular formula is C16H15FN6O. The number of benzene rings is 1. The van der Waals surface area contributed by atoms with Crippen molar-refractivity contribution in [3.63, 3.8) is 0 Å². The number of amides is 1. The summed E-state index contributed by atoms with van der Waals surface area (Å²) in [4.78, 5) is 19.4. The number of nitrogens with one attached hydrogen (secondary N) is 2. The number of anilines is 2. The Bertz CT molecular complexity index is 898. The van der Waals surface area contributed by atoms with Crippen LogP contribution in [0.3, 0.4) is 0 Å². The van der Waals surface area contributed by atoms with Gasteiger partial charge in [-0.05, 0) is 18.6 Å². The average Bonchev–Trinajstić information content (AvgIpc) is 3.05. The minimum Gasteiger partial charge on any atom is -0.354 e. The summed E-state index contributed by atoms with van der Waals surface area (Å²) in [6.45, 7) is 0.546. The summed E-state index contributed by atoms with van der Waals surface area (Å²) in [6, 6.07) is 7.21. The molecule has 1 unspecified atom stereocenters. The summed E-state index contributed by atoms with van der Waals surface area (Å²) >= 11 is 0. The summed E-state index contributed by atoms with van der Waals surface area (Å²) in [6.07, 6.45) is 4.60. The summed E-state index contributed by atoms with van der Waals surface area (Å²) in [5, 5.41) is 10.0. The maximum absolute atomic E-state index is 14.1. The lowest BCUT2D eigenvalue weighted by Crippen LogP contribution is -2.36. The van der Waals surface area contributed by atoms with Crippen molar-refractivity contribution in [3.05, 3.63) is 42.6 Å². The first-order chi connectivity index (χ1) is 11.7. The van der Waals surface area contributed by atoms with E-state index in [0.29, 0.717) is 29.7 Å². The van der Waals surface area contributed by atoms with Gasteiger partial charge >= 0.3 is 0 Å². The third-order valence-corrected chi connectivity index (χ3v) is 4.01. The zero-order valence-corrected chi connectivity index (χ0v) is 12.7. The second-order valence-electron chi connectivity index (χ2n) is 5.68. The van der Waals surface area contributed by atoms with Gasteiger partial charge in [-0.15, -0.1) is 0 Å². The molecule has 7 nitrogen and oxygen atoms in total. The maximum atomic E-state index is 14.1. The zero-order chi connectivity index (χ0) is 16.5. The fourth-order valence-electron chi connectivity index (χ4n) is 2.74. The fraction of sp³-hybridized carbons (Fsp3) is 0.250.